The van der Waals surface area contributed by atoms with Crippen molar-refractivity contribution in [3.63, 3.8) is 0 Å². The maximum Gasteiger partial charge on any atom is 0.164 e. The smallest absolute Gasteiger partial charge is 0.164 e. The molecule has 0 spiro atoms. The van der Waals surface area contributed by atoms with Crippen LogP contribution in [0.3, 0.4) is 0 Å². The summed E-state index contributed by atoms with van der Waals surface area (Å²) >= 11 is 7.76. The molecule has 0 unspecified atom stereocenters. The van der Waals surface area contributed by atoms with Gasteiger partial charge in [-0.15, -0.1) is 11.3 Å². The number of rotatable bonds is 1. The Morgan fingerprint density at radius 2 is 2.10 bits per heavy atom. The molecule has 0 saturated heterocycles. The van der Waals surface area contributed by atoms with Crippen LogP contribution in [0.4, 0.5) is 10.2 Å². The van der Waals surface area contributed by atoms with E-state index in [4.69, 9.17) is 17.3 Å². The van der Waals surface area contributed by atoms with Crippen LogP contribution in [0.25, 0.3) is 21.6 Å². The second-order valence-corrected chi connectivity index (χ2v) is 6.58. The summed E-state index contributed by atoms with van der Waals surface area (Å²) < 4.78 is 13.2. The average Bonchev–Trinajstić information content (AvgIpc) is 2.98. The number of aryl methyl sites for hydroxylation is 2. The summed E-state index contributed by atoms with van der Waals surface area (Å²) in [6, 6.07) is 4.19. The fourth-order valence-corrected chi connectivity index (χ4v) is 4.34. The van der Waals surface area contributed by atoms with Gasteiger partial charge in [-0.1, -0.05) is 11.6 Å². The van der Waals surface area contributed by atoms with Gasteiger partial charge in [-0.05, 0) is 43.0 Å². The second kappa shape index (κ2) is 4.64. The van der Waals surface area contributed by atoms with E-state index in [1.54, 1.807) is 17.4 Å². The van der Waals surface area contributed by atoms with E-state index in [2.05, 4.69) is 9.97 Å². The van der Waals surface area contributed by atoms with Crippen LogP contribution in [-0.4, -0.2) is 9.97 Å². The van der Waals surface area contributed by atoms with Gasteiger partial charge in [0, 0.05) is 10.4 Å². The molecule has 2 aromatic heterocycles. The monoisotopic (exact) mass is 319 g/mol. The summed E-state index contributed by atoms with van der Waals surface area (Å²) in [4.78, 5) is 11.2. The Kier molecular flexibility index (Phi) is 2.87. The van der Waals surface area contributed by atoms with Crippen molar-refractivity contribution < 1.29 is 4.39 Å². The molecular weight excluding hydrogens is 309 g/mol. The molecule has 6 heteroatoms. The number of halogens is 2. The van der Waals surface area contributed by atoms with E-state index < -0.39 is 0 Å². The molecular formula is C15H11ClFN3S. The molecule has 0 amide bonds. The van der Waals surface area contributed by atoms with Crippen molar-refractivity contribution in [2.75, 3.05) is 5.73 Å². The second-order valence-electron chi connectivity index (χ2n) is 5.09. The van der Waals surface area contributed by atoms with E-state index in [-0.39, 0.29) is 10.8 Å². The van der Waals surface area contributed by atoms with Gasteiger partial charge >= 0.3 is 0 Å². The first-order valence-electron chi connectivity index (χ1n) is 6.66. The zero-order chi connectivity index (χ0) is 14.6. The van der Waals surface area contributed by atoms with Crippen LogP contribution in [0, 0.1) is 5.82 Å². The summed E-state index contributed by atoms with van der Waals surface area (Å²) in [6.07, 6.45) is 3.30. The summed E-state index contributed by atoms with van der Waals surface area (Å²) in [5.41, 5.74) is 8.02. The van der Waals surface area contributed by atoms with E-state index in [9.17, 15) is 4.39 Å². The Morgan fingerprint density at radius 1 is 1.24 bits per heavy atom. The molecule has 0 atom stereocenters. The Balaban J connectivity index is 1.95. The van der Waals surface area contributed by atoms with E-state index in [0.29, 0.717) is 17.2 Å². The van der Waals surface area contributed by atoms with Crippen LogP contribution in [0.5, 0.6) is 0 Å². The minimum atomic E-state index is -0.382. The largest absolute Gasteiger partial charge is 0.383 e. The summed E-state index contributed by atoms with van der Waals surface area (Å²) in [7, 11) is 0. The van der Waals surface area contributed by atoms with Gasteiger partial charge in [-0.2, -0.15) is 0 Å². The molecule has 4 rings (SSSR count). The molecule has 21 heavy (non-hydrogen) atoms. The highest BCUT2D eigenvalue weighted by atomic mass is 35.5. The molecule has 0 bridgehead atoms. The maximum absolute atomic E-state index is 13.2. The van der Waals surface area contributed by atoms with Crippen molar-refractivity contribution in [3.8, 4) is 11.4 Å². The first-order valence-corrected chi connectivity index (χ1v) is 7.86. The van der Waals surface area contributed by atoms with Gasteiger partial charge in [-0.3, -0.25) is 0 Å². The fraction of sp³-hybridized carbons (Fsp3) is 0.200. The van der Waals surface area contributed by atoms with E-state index in [1.165, 1.54) is 29.0 Å². The number of nitrogens with zero attached hydrogens (tertiary/aromatic N) is 2. The molecule has 0 radical (unpaired) electrons. The number of hydrogen-bond donors (Lipinski definition) is 1. The Labute approximate surface area is 129 Å². The number of nitrogens with two attached hydrogens (primary N) is 1. The molecule has 1 aromatic carbocycles. The molecule has 0 aliphatic heterocycles. The first-order chi connectivity index (χ1) is 10.1. The van der Waals surface area contributed by atoms with Gasteiger partial charge in [0.15, 0.2) is 5.82 Å². The van der Waals surface area contributed by atoms with Crippen LogP contribution in [-0.2, 0) is 12.8 Å². The number of aromatic nitrogens is 2. The topological polar surface area (TPSA) is 51.8 Å². The van der Waals surface area contributed by atoms with Gasteiger partial charge in [0.05, 0.1) is 10.4 Å². The van der Waals surface area contributed by atoms with Crippen molar-refractivity contribution in [3.05, 3.63) is 39.5 Å². The predicted molar refractivity (Wildman–Crippen MR) is 84.3 cm³/mol. The number of nitrogen functional groups attached to an aromatic ring is 1. The third-order valence-corrected chi connectivity index (χ3v) is 5.26. The average molecular weight is 320 g/mol. The quantitative estimate of drug-likeness (QED) is 0.730. The van der Waals surface area contributed by atoms with E-state index in [0.717, 1.165) is 23.1 Å². The molecule has 3 aromatic rings. The Bertz CT molecular complexity index is 875. The normalized spacial score (nSPS) is 13.8. The Morgan fingerprint density at radius 3 is 2.90 bits per heavy atom. The third kappa shape index (κ3) is 2.00. The van der Waals surface area contributed by atoms with Crippen LogP contribution in [0.1, 0.15) is 16.9 Å². The minimum absolute atomic E-state index is 0.290. The number of benzene rings is 1. The number of anilines is 1. The van der Waals surface area contributed by atoms with Gasteiger partial charge in [0.2, 0.25) is 0 Å². The molecule has 1 aliphatic carbocycles. The minimum Gasteiger partial charge on any atom is -0.383 e. The maximum atomic E-state index is 13.2. The lowest BCUT2D eigenvalue weighted by molar-refractivity contribution is 0.628. The molecule has 1 aliphatic rings. The van der Waals surface area contributed by atoms with Gasteiger partial charge in [0.25, 0.3) is 0 Å². The lowest BCUT2D eigenvalue weighted by Gasteiger charge is -2.05. The van der Waals surface area contributed by atoms with Crippen molar-refractivity contribution >= 4 is 39.0 Å². The van der Waals surface area contributed by atoms with Crippen LogP contribution in [0.15, 0.2) is 18.2 Å². The van der Waals surface area contributed by atoms with Crippen molar-refractivity contribution in [1.29, 1.82) is 0 Å². The van der Waals surface area contributed by atoms with Gasteiger partial charge in [0.1, 0.15) is 16.5 Å². The van der Waals surface area contributed by atoms with E-state index >= 15 is 0 Å². The van der Waals surface area contributed by atoms with Crippen LogP contribution in [0.2, 0.25) is 5.02 Å². The molecule has 0 fully saturated rings. The van der Waals surface area contributed by atoms with Crippen LogP contribution >= 0.6 is 22.9 Å². The number of hydrogen-bond acceptors (Lipinski definition) is 4. The van der Waals surface area contributed by atoms with Crippen LogP contribution < -0.4 is 5.73 Å². The number of fused-ring (bicyclic) bond motifs is 3. The zero-order valence-corrected chi connectivity index (χ0v) is 12.6. The standard InChI is InChI=1S/C15H11ClFN3S/c16-10-6-7(17)4-5-8(10)14-19-13(18)12-9-2-1-3-11(9)21-15(12)20-14/h4-6H,1-3H2,(H2,18,19,20). The van der Waals surface area contributed by atoms with Crippen molar-refractivity contribution in [2.45, 2.75) is 19.3 Å². The molecule has 2 heterocycles. The summed E-state index contributed by atoms with van der Waals surface area (Å²) in [6.45, 7) is 0. The fourth-order valence-electron chi connectivity index (χ4n) is 2.82. The third-order valence-electron chi connectivity index (χ3n) is 3.76. The summed E-state index contributed by atoms with van der Waals surface area (Å²) in [5, 5.41) is 1.27. The lowest BCUT2D eigenvalue weighted by atomic mass is 10.1. The highest BCUT2D eigenvalue weighted by Crippen LogP contribution is 2.40. The van der Waals surface area contributed by atoms with Crippen molar-refractivity contribution in [1.82, 2.24) is 9.97 Å². The highest BCUT2D eigenvalue weighted by molar-refractivity contribution is 7.19. The number of thiophene rings is 1. The molecule has 3 nitrogen and oxygen atoms in total. The van der Waals surface area contributed by atoms with Gasteiger partial charge in [-0.25, -0.2) is 14.4 Å². The van der Waals surface area contributed by atoms with E-state index in [1.807, 2.05) is 0 Å². The first kappa shape index (κ1) is 13.0. The molecule has 2 N–H and O–H groups in total. The molecule has 0 saturated carbocycles. The lowest BCUT2D eigenvalue weighted by Crippen LogP contribution is -1.98. The van der Waals surface area contributed by atoms with Crippen molar-refractivity contribution in [2.24, 2.45) is 0 Å². The summed E-state index contributed by atoms with van der Waals surface area (Å²) in [5.74, 6) is 0.549. The predicted octanol–water partition coefficient (Wildman–Crippen LogP) is 4.22. The highest BCUT2D eigenvalue weighted by Gasteiger charge is 2.22. The SMILES string of the molecule is Nc1nc(-c2ccc(F)cc2Cl)nc2sc3c(c12)CCC3. The molecule has 106 valence electrons. The Hall–Kier alpha value is -1.72. The zero-order valence-electron chi connectivity index (χ0n) is 11.0. The van der Waals surface area contributed by atoms with Gasteiger partial charge < -0.3 is 5.73 Å².